The lowest BCUT2D eigenvalue weighted by Crippen LogP contribution is -2.46. The highest BCUT2D eigenvalue weighted by atomic mass is 32.2. The fraction of sp³-hybridized carbons (Fsp3) is 0.238. The smallest absolute Gasteiger partial charge is 0.250 e. The molecule has 1 saturated heterocycles. The van der Waals surface area contributed by atoms with E-state index in [0.717, 1.165) is 0 Å². The number of anilines is 1. The van der Waals surface area contributed by atoms with Crippen LogP contribution in [0.1, 0.15) is 5.56 Å². The summed E-state index contributed by atoms with van der Waals surface area (Å²) in [6.45, 7) is 2.31. The van der Waals surface area contributed by atoms with Crippen LogP contribution in [0.4, 0.5) is 10.1 Å². The Hall–Kier alpha value is -2.66. The number of piperazine rings is 1. The van der Waals surface area contributed by atoms with E-state index in [9.17, 15) is 17.6 Å². The van der Waals surface area contributed by atoms with Gasteiger partial charge in [-0.2, -0.15) is 4.31 Å². The summed E-state index contributed by atoms with van der Waals surface area (Å²) in [6, 6.07) is 11.9. The number of hydrogen-bond donors (Lipinski definition) is 2. The molecule has 0 radical (unpaired) electrons. The number of rotatable bonds is 5. The summed E-state index contributed by atoms with van der Waals surface area (Å²) in [6.07, 6.45) is 2.82. The van der Waals surface area contributed by atoms with Crippen molar-refractivity contribution in [3.8, 4) is 0 Å². The highest BCUT2D eigenvalue weighted by Crippen LogP contribution is 2.19. The van der Waals surface area contributed by atoms with Gasteiger partial charge in [-0.05, 0) is 67.3 Å². The Balaban J connectivity index is 1.54. The maximum atomic E-state index is 12.9. The average molecular weight is 463 g/mol. The summed E-state index contributed by atoms with van der Waals surface area (Å²) in [5, 5.41) is 5.42. The summed E-state index contributed by atoms with van der Waals surface area (Å²) in [7, 11) is -1.58. The molecule has 0 unspecified atom stereocenters. The summed E-state index contributed by atoms with van der Waals surface area (Å²) in [5.41, 5.74) is 1.22. The van der Waals surface area contributed by atoms with E-state index in [1.807, 2.05) is 7.05 Å². The van der Waals surface area contributed by atoms with Gasteiger partial charge in [-0.15, -0.1) is 0 Å². The van der Waals surface area contributed by atoms with Gasteiger partial charge < -0.3 is 10.2 Å². The topological polar surface area (TPSA) is 81.8 Å². The maximum absolute atomic E-state index is 12.9. The second kappa shape index (κ2) is 10.1. The number of benzene rings is 2. The Morgan fingerprint density at radius 2 is 1.65 bits per heavy atom. The van der Waals surface area contributed by atoms with Crippen molar-refractivity contribution in [2.24, 2.45) is 0 Å². The molecule has 2 aromatic carbocycles. The van der Waals surface area contributed by atoms with Gasteiger partial charge in [0.25, 0.3) is 0 Å². The number of sulfonamides is 1. The second-order valence-electron chi connectivity index (χ2n) is 7.06. The quantitative estimate of drug-likeness (QED) is 0.524. The van der Waals surface area contributed by atoms with E-state index in [1.165, 1.54) is 40.7 Å². The maximum Gasteiger partial charge on any atom is 0.250 e. The van der Waals surface area contributed by atoms with Crippen molar-refractivity contribution in [3.63, 3.8) is 0 Å². The minimum atomic E-state index is -3.54. The van der Waals surface area contributed by atoms with Crippen molar-refractivity contribution in [1.82, 2.24) is 14.5 Å². The number of carbonyl (C=O) groups excluding carboxylic acids is 1. The van der Waals surface area contributed by atoms with Gasteiger partial charge in [-0.25, -0.2) is 12.8 Å². The first-order chi connectivity index (χ1) is 14.7. The number of carbonyl (C=O) groups is 1. The van der Waals surface area contributed by atoms with Crippen LogP contribution in [0, 0.1) is 5.82 Å². The molecule has 7 nitrogen and oxygen atoms in total. The van der Waals surface area contributed by atoms with E-state index in [0.29, 0.717) is 37.4 Å². The number of nitrogens with zero attached hydrogens (tertiary/aromatic N) is 2. The first kappa shape index (κ1) is 23.0. The van der Waals surface area contributed by atoms with Gasteiger partial charge in [0.2, 0.25) is 15.9 Å². The lowest BCUT2D eigenvalue weighted by Gasteiger charge is -2.31. The first-order valence-corrected chi connectivity index (χ1v) is 11.4. The number of thiocarbonyl (C=S) groups is 1. The largest absolute Gasteiger partial charge is 0.332 e. The van der Waals surface area contributed by atoms with E-state index >= 15 is 0 Å². The number of likely N-dealkylation sites (N-methyl/N-ethyl adjacent to an activating group) is 1. The molecule has 0 spiro atoms. The predicted molar refractivity (Wildman–Crippen MR) is 122 cm³/mol. The molecule has 1 aliphatic heterocycles. The van der Waals surface area contributed by atoms with Crippen LogP contribution in [0.25, 0.3) is 6.08 Å². The van der Waals surface area contributed by atoms with Crippen molar-refractivity contribution in [3.05, 3.63) is 66.0 Å². The van der Waals surface area contributed by atoms with Gasteiger partial charge in [0.15, 0.2) is 5.11 Å². The van der Waals surface area contributed by atoms with E-state index < -0.39 is 15.9 Å². The SMILES string of the molecule is CN1CCN(S(=O)(=O)c2ccc(NC(=S)NC(=O)C=Cc3ccc(F)cc3)cc2)CC1. The fourth-order valence-electron chi connectivity index (χ4n) is 2.95. The van der Waals surface area contributed by atoms with Crippen molar-refractivity contribution >= 4 is 45.0 Å². The zero-order chi connectivity index (χ0) is 22.4. The zero-order valence-corrected chi connectivity index (χ0v) is 18.5. The molecule has 0 atom stereocenters. The normalized spacial score (nSPS) is 15.7. The van der Waals surface area contributed by atoms with Crippen molar-refractivity contribution < 1.29 is 17.6 Å². The van der Waals surface area contributed by atoms with Crippen LogP contribution in [0.3, 0.4) is 0 Å². The number of halogens is 1. The molecule has 0 bridgehead atoms. The Morgan fingerprint density at radius 1 is 1.03 bits per heavy atom. The molecule has 10 heteroatoms. The molecular weight excluding hydrogens is 439 g/mol. The van der Waals surface area contributed by atoms with Crippen LogP contribution in [0.5, 0.6) is 0 Å². The van der Waals surface area contributed by atoms with Gasteiger partial charge in [-0.3, -0.25) is 10.1 Å². The van der Waals surface area contributed by atoms with Crippen molar-refractivity contribution in [1.29, 1.82) is 0 Å². The molecule has 1 fully saturated rings. The highest BCUT2D eigenvalue weighted by Gasteiger charge is 2.27. The van der Waals surface area contributed by atoms with Crippen LogP contribution < -0.4 is 10.6 Å². The molecule has 0 saturated carbocycles. The van der Waals surface area contributed by atoms with Crippen LogP contribution in [-0.2, 0) is 14.8 Å². The zero-order valence-electron chi connectivity index (χ0n) is 16.9. The fourth-order valence-corrected chi connectivity index (χ4v) is 4.59. The van der Waals surface area contributed by atoms with Crippen LogP contribution in [0.2, 0.25) is 0 Å². The first-order valence-electron chi connectivity index (χ1n) is 9.58. The molecular formula is C21H23FN4O3S2. The van der Waals surface area contributed by atoms with Crippen LogP contribution >= 0.6 is 12.2 Å². The Morgan fingerprint density at radius 3 is 2.26 bits per heavy atom. The van der Waals surface area contributed by atoms with Crippen molar-refractivity contribution in [2.75, 3.05) is 38.5 Å². The molecule has 2 N–H and O–H groups in total. The minimum absolute atomic E-state index is 0.0726. The van der Waals surface area contributed by atoms with E-state index in [4.69, 9.17) is 12.2 Å². The number of nitrogens with one attached hydrogen (secondary N) is 2. The summed E-state index contributed by atoms with van der Waals surface area (Å²) >= 11 is 5.12. The van der Waals surface area contributed by atoms with Crippen molar-refractivity contribution in [2.45, 2.75) is 4.90 Å². The third kappa shape index (κ3) is 6.41. The number of amides is 1. The lowest BCUT2D eigenvalue weighted by molar-refractivity contribution is -0.115. The third-order valence-electron chi connectivity index (χ3n) is 4.75. The monoisotopic (exact) mass is 462 g/mol. The van der Waals surface area contributed by atoms with Crippen LogP contribution in [0.15, 0.2) is 59.5 Å². The van der Waals surface area contributed by atoms with E-state index in [-0.39, 0.29) is 15.8 Å². The minimum Gasteiger partial charge on any atom is -0.332 e. The molecule has 2 aromatic rings. The molecule has 3 rings (SSSR count). The molecule has 164 valence electrons. The third-order valence-corrected chi connectivity index (χ3v) is 6.86. The summed E-state index contributed by atoms with van der Waals surface area (Å²) < 4.78 is 39.9. The van der Waals surface area contributed by atoms with E-state index in [2.05, 4.69) is 15.5 Å². The van der Waals surface area contributed by atoms with Gasteiger partial charge in [0.05, 0.1) is 4.90 Å². The van der Waals surface area contributed by atoms with E-state index in [1.54, 1.807) is 24.3 Å². The molecule has 1 aliphatic rings. The standard InChI is InChI=1S/C21H23FN4O3S2/c1-25-12-14-26(15-13-25)31(28,29)19-9-7-18(8-10-19)23-21(30)24-20(27)11-4-16-2-5-17(22)6-3-16/h2-11H,12-15H2,1H3,(H2,23,24,27,30). The summed E-state index contributed by atoms with van der Waals surface area (Å²) in [5.74, 6) is -0.801. The predicted octanol–water partition coefficient (Wildman–Crippen LogP) is 2.29. The molecule has 0 aromatic heterocycles. The lowest BCUT2D eigenvalue weighted by atomic mass is 10.2. The van der Waals surface area contributed by atoms with Gasteiger partial charge in [0.1, 0.15) is 5.82 Å². The summed E-state index contributed by atoms with van der Waals surface area (Å²) in [4.78, 5) is 14.3. The molecule has 0 aliphatic carbocycles. The van der Waals surface area contributed by atoms with Gasteiger partial charge in [0, 0.05) is 37.9 Å². The Bertz CT molecular complexity index is 1060. The van der Waals surface area contributed by atoms with Gasteiger partial charge in [-0.1, -0.05) is 12.1 Å². The molecule has 1 heterocycles. The second-order valence-corrected chi connectivity index (χ2v) is 9.41. The van der Waals surface area contributed by atoms with Crippen LogP contribution in [-0.4, -0.2) is 61.9 Å². The molecule has 31 heavy (non-hydrogen) atoms. The number of hydrogen-bond acceptors (Lipinski definition) is 5. The Kier molecular flexibility index (Phi) is 7.50. The average Bonchev–Trinajstić information content (AvgIpc) is 2.74. The van der Waals surface area contributed by atoms with Gasteiger partial charge >= 0.3 is 0 Å². The Labute approximate surface area is 186 Å². The highest BCUT2D eigenvalue weighted by molar-refractivity contribution is 7.89. The molecule has 1 amide bonds.